The highest BCUT2D eigenvalue weighted by Crippen LogP contribution is 2.39. The van der Waals surface area contributed by atoms with E-state index >= 15 is 0 Å². The Kier molecular flexibility index (Phi) is 2.35. The average molecular weight is 141 g/mol. The lowest BCUT2D eigenvalue weighted by Crippen LogP contribution is -2.36. The molecule has 0 aliphatic heterocycles. The molecule has 0 saturated heterocycles. The van der Waals surface area contributed by atoms with Crippen molar-refractivity contribution in [2.24, 2.45) is 17.1 Å². The van der Waals surface area contributed by atoms with Crippen LogP contribution in [-0.4, -0.2) is 6.54 Å². The van der Waals surface area contributed by atoms with Crippen molar-refractivity contribution in [3.63, 3.8) is 0 Å². The molecule has 1 rings (SSSR count). The van der Waals surface area contributed by atoms with E-state index in [1.807, 2.05) is 0 Å². The van der Waals surface area contributed by atoms with Gasteiger partial charge < -0.3 is 5.73 Å². The van der Waals surface area contributed by atoms with Crippen molar-refractivity contribution in [2.75, 3.05) is 6.54 Å². The number of hydrogen-bond donors (Lipinski definition) is 1. The third-order valence-corrected chi connectivity index (χ3v) is 3.29. The molecule has 0 amide bonds. The standard InChI is InChI=1S/C9H19N/c1-8-5-3-4-6-9(8,2)7-10/h8H,3-7,10H2,1-2H3/t8-,9-/m1/s1. The van der Waals surface area contributed by atoms with Gasteiger partial charge in [-0.1, -0.05) is 33.1 Å². The van der Waals surface area contributed by atoms with Gasteiger partial charge >= 0.3 is 0 Å². The molecule has 2 N–H and O–H groups in total. The molecule has 0 spiro atoms. The highest BCUT2D eigenvalue weighted by Gasteiger charge is 2.31. The van der Waals surface area contributed by atoms with Gasteiger partial charge in [-0.2, -0.15) is 0 Å². The molecule has 0 heterocycles. The van der Waals surface area contributed by atoms with Crippen molar-refractivity contribution in [1.82, 2.24) is 0 Å². The summed E-state index contributed by atoms with van der Waals surface area (Å²) < 4.78 is 0. The Morgan fingerprint density at radius 1 is 1.50 bits per heavy atom. The Labute approximate surface area is 64.0 Å². The van der Waals surface area contributed by atoms with Gasteiger partial charge in [0.2, 0.25) is 0 Å². The fourth-order valence-corrected chi connectivity index (χ4v) is 1.88. The van der Waals surface area contributed by atoms with Crippen LogP contribution in [0.3, 0.4) is 0 Å². The molecule has 0 aromatic heterocycles. The molecule has 0 aromatic carbocycles. The zero-order chi connectivity index (χ0) is 7.61. The quantitative estimate of drug-likeness (QED) is 0.595. The van der Waals surface area contributed by atoms with E-state index in [2.05, 4.69) is 13.8 Å². The van der Waals surface area contributed by atoms with E-state index in [4.69, 9.17) is 5.73 Å². The van der Waals surface area contributed by atoms with Crippen LogP contribution in [0.25, 0.3) is 0 Å². The first-order valence-corrected chi connectivity index (χ1v) is 4.39. The number of nitrogens with two attached hydrogens (primary N) is 1. The lowest BCUT2D eigenvalue weighted by Gasteiger charge is -2.38. The Hall–Kier alpha value is -0.0400. The average Bonchev–Trinajstić information content (AvgIpc) is 1.96. The maximum atomic E-state index is 5.73. The van der Waals surface area contributed by atoms with Crippen molar-refractivity contribution in [1.29, 1.82) is 0 Å². The highest BCUT2D eigenvalue weighted by atomic mass is 14.6. The van der Waals surface area contributed by atoms with E-state index in [-0.39, 0.29) is 0 Å². The van der Waals surface area contributed by atoms with Gasteiger partial charge in [-0.3, -0.25) is 0 Å². The first kappa shape index (κ1) is 8.06. The molecule has 2 atom stereocenters. The second-order valence-electron chi connectivity index (χ2n) is 4.00. The van der Waals surface area contributed by atoms with E-state index in [0.29, 0.717) is 5.41 Å². The van der Waals surface area contributed by atoms with Crippen molar-refractivity contribution in [2.45, 2.75) is 39.5 Å². The molecular weight excluding hydrogens is 122 g/mol. The van der Waals surface area contributed by atoms with Crippen LogP contribution in [0.5, 0.6) is 0 Å². The Morgan fingerprint density at radius 2 is 2.20 bits per heavy atom. The molecule has 0 unspecified atom stereocenters. The molecule has 0 aromatic rings. The van der Waals surface area contributed by atoms with E-state index < -0.39 is 0 Å². The summed E-state index contributed by atoms with van der Waals surface area (Å²) in [5, 5.41) is 0. The minimum atomic E-state index is 0.457. The van der Waals surface area contributed by atoms with Crippen LogP contribution in [-0.2, 0) is 0 Å². The van der Waals surface area contributed by atoms with Crippen LogP contribution in [0.4, 0.5) is 0 Å². The zero-order valence-electron chi connectivity index (χ0n) is 7.19. The molecule has 10 heavy (non-hydrogen) atoms. The molecule has 0 radical (unpaired) electrons. The van der Waals surface area contributed by atoms with E-state index in [9.17, 15) is 0 Å². The Morgan fingerprint density at radius 3 is 2.60 bits per heavy atom. The molecule has 1 saturated carbocycles. The molecular formula is C9H19N. The molecule has 1 fully saturated rings. The van der Waals surface area contributed by atoms with Crippen LogP contribution in [0.2, 0.25) is 0 Å². The molecule has 0 bridgehead atoms. The predicted octanol–water partition coefficient (Wildman–Crippen LogP) is 2.16. The van der Waals surface area contributed by atoms with Crippen molar-refractivity contribution in [3.8, 4) is 0 Å². The summed E-state index contributed by atoms with van der Waals surface area (Å²) in [6, 6.07) is 0. The van der Waals surface area contributed by atoms with Crippen LogP contribution < -0.4 is 5.73 Å². The van der Waals surface area contributed by atoms with Gasteiger partial charge in [-0.15, -0.1) is 0 Å². The second kappa shape index (κ2) is 2.91. The summed E-state index contributed by atoms with van der Waals surface area (Å²) in [5.74, 6) is 0.839. The summed E-state index contributed by atoms with van der Waals surface area (Å²) in [5.41, 5.74) is 6.18. The summed E-state index contributed by atoms with van der Waals surface area (Å²) in [6.45, 7) is 5.54. The lowest BCUT2D eigenvalue weighted by molar-refractivity contribution is 0.140. The topological polar surface area (TPSA) is 26.0 Å². The summed E-state index contributed by atoms with van der Waals surface area (Å²) in [6.07, 6.45) is 5.52. The zero-order valence-corrected chi connectivity index (χ0v) is 7.19. The van der Waals surface area contributed by atoms with Gasteiger partial charge in [0.05, 0.1) is 0 Å². The van der Waals surface area contributed by atoms with Crippen molar-refractivity contribution >= 4 is 0 Å². The minimum Gasteiger partial charge on any atom is -0.330 e. The fourth-order valence-electron chi connectivity index (χ4n) is 1.88. The normalized spacial score (nSPS) is 41.7. The third kappa shape index (κ3) is 1.34. The van der Waals surface area contributed by atoms with Crippen LogP contribution in [0.1, 0.15) is 39.5 Å². The highest BCUT2D eigenvalue weighted by molar-refractivity contribution is 4.84. The largest absolute Gasteiger partial charge is 0.330 e. The summed E-state index contributed by atoms with van der Waals surface area (Å²) >= 11 is 0. The van der Waals surface area contributed by atoms with Crippen LogP contribution in [0.15, 0.2) is 0 Å². The fraction of sp³-hybridized carbons (Fsp3) is 1.00. The van der Waals surface area contributed by atoms with Gasteiger partial charge in [0.25, 0.3) is 0 Å². The third-order valence-electron chi connectivity index (χ3n) is 3.29. The summed E-state index contributed by atoms with van der Waals surface area (Å²) in [7, 11) is 0. The van der Waals surface area contributed by atoms with E-state index in [0.717, 1.165) is 12.5 Å². The maximum Gasteiger partial charge on any atom is -0.00206 e. The molecule has 1 heteroatoms. The van der Waals surface area contributed by atoms with Gasteiger partial charge in [-0.25, -0.2) is 0 Å². The van der Waals surface area contributed by atoms with E-state index in [1.54, 1.807) is 0 Å². The Bertz CT molecular complexity index is 111. The van der Waals surface area contributed by atoms with Gasteiger partial charge in [0.15, 0.2) is 0 Å². The van der Waals surface area contributed by atoms with E-state index in [1.165, 1.54) is 25.7 Å². The van der Waals surface area contributed by atoms with Crippen molar-refractivity contribution < 1.29 is 0 Å². The Balaban J connectivity index is 2.54. The SMILES string of the molecule is C[C@@H]1CCCC[C@]1(C)CN. The molecule has 1 aliphatic carbocycles. The molecule has 1 aliphatic rings. The molecule has 1 nitrogen and oxygen atoms in total. The first-order chi connectivity index (χ1) is 4.69. The van der Waals surface area contributed by atoms with Gasteiger partial charge in [0, 0.05) is 0 Å². The van der Waals surface area contributed by atoms with Crippen molar-refractivity contribution in [3.05, 3.63) is 0 Å². The molecule has 60 valence electrons. The van der Waals surface area contributed by atoms with Gasteiger partial charge in [0.1, 0.15) is 0 Å². The summed E-state index contributed by atoms with van der Waals surface area (Å²) in [4.78, 5) is 0. The maximum absolute atomic E-state index is 5.73. The monoisotopic (exact) mass is 141 g/mol. The smallest absolute Gasteiger partial charge is 0.00206 e. The predicted molar refractivity (Wildman–Crippen MR) is 44.8 cm³/mol. The first-order valence-electron chi connectivity index (χ1n) is 4.39. The van der Waals surface area contributed by atoms with Gasteiger partial charge in [-0.05, 0) is 24.3 Å². The lowest BCUT2D eigenvalue weighted by atomic mass is 9.68. The van der Waals surface area contributed by atoms with Crippen LogP contribution in [0, 0.1) is 11.3 Å². The second-order valence-corrected chi connectivity index (χ2v) is 4.00. The number of hydrogen-bond acceptors (Lipinski definition) is 1. The minimum absolute atomic E-state index is 0.457. The van der Waals surface area contributed by atoms with Crippen LogP contribution >= 0.6 is 0 Å². The number of rotatable bonds is 1.